The highest BCUT2D eigenvalue weighted by atomic mass is 16.5. The van der Waals surface area contributed by atoms with Crippen LogP contribution in [-0.2, 0) is 4.74 Å². The Morgan fingerprint density at radius 1 is 1.35 bits per heavy atom. The summed E-state index contributed by atoms with van der Waals surface area (Å²) in [6.45, 7) is 7.69. The number of ether oxygens (including phenoxy) is 1. The molecule has 0 atom stereocenters. The molecule has 0 amide bonds. The molecule has 2 aliphatic rings. The standard InChI is InChI=1S/C14H24N2O/c1-13(2,12-5-3-4-6-12)8-16-9-14(7-15)10-17-11-14/h12,16H,3-6,8-11H2,1-2H3. The third kappa shape index (κ3) is 2.81. The van der Waals surface area contributed by atoms with E-state index in [4.69, 9.17) is 10.00 Å². The van der Waals surface area contributed by atoms with E-state index in [1.54, 1.807) is 0 Å². The summed E-state index contributed by atoms with van der Waals surface area (Å²) in [5.74, 6) is 0.852. The molecule has 0 unspecified atom stereocenters. The zero-order chi connectivity index (χ0) is 12.4. The van der Waals surface area contributed by atoms with Crippen LogP contribution in [0.5, 0.6) is 0 Å². The molecule has 96 valence electrons. The summed E-state index contributed by atoms with van der Waals surface area (Å²) < 4.78 is 5.15. The van der Waals surface area contributed by atoms with E-state index in [9.17, 15) is 0 Å². The predicted octanol–water partition coefficient (Wildman–Crippen LogP) is 2.33. The van der Waals surface area contributed by atoms with Crippen molar-refractivity contribution in [1.29, 1.82) is 5.26 Å². The molecule has 2 rings (SSSR count). The van der Waals surface area contributed by atoms with Gasteiger partial charge in [-0.2, -0.15) is 5.26 Å². The summed E-state index contributed by atoms with van der Waals surface area (Å²) in [5.41, 5.74) is 0.115. The van der Waals surface area contributed by atoms with Gasteiger partial charge in [0.15, 0.2) is 0 Å². The van der Waals surface area contributed by atoms with Crippen LogP contribution in [0.25, 0.3) is 0 Å². The normalized spacial score (nSPS) is 24.3. The van der Waals surface area contributed by atoms with Crippen molar-refractivity contribution in [2.24, 2.45) is 16.7 Å². The van der Waals surface area contributed by atoms with E-state index in [2.05, 4.69) is 25.2 Å². The topological polar surface area (TPSA) is 45.0 Å². The van der Waals surface area contributed by atoms with Crippen molar-refractivity contribution in [3.63, 3.8) is 0 Å². The van der Waals surface area contributed by atoms with Crippen molar-refractivity contribution in [3.05, 3.63) is 0 Å². The Labute approximate surface area is 105 Å². The van der Waals surface area contributed by atoms with E-state index < -0.39 is 0 Å². The average Bonchev–Trinajstić information content (AvgIpc) is 2.76. The van der Waals surface area contributed by atoms with Crippen LogP contribution >= 0.6 is 0 Å². The van der Waals surface area contributed by atoms with E-state index in [0.29, 0.717) is 18.6 Å². The fourth-order valence-corrected chi connectivity index (χ4v) is 3.03. The third-order valence-electron chi connectivity index (χ3n) is 4.50. The van der Waals surface area contributed by atoms with E-state index in [0.717, 1.165) is 19.0 Å². The van der Waals surface area contributed by atoms with Crippen LogP contribution in [-0.4, -0.2) is 26.3 Å². The van der Waals surface area contributed by atoms with Gasteiger partial charge in [-0.15, -0.1) is 0 Å². The molecule has 0 spiro atoms. The Balaban J connectivity index is 1.75. The molecule has 1 N–H and O–H groups in total. The minimum absolute atomic E-state index is 0.244. The third-order valence-corrected chi connectivity index (χ3v) is 4.50. The average molecular weight is 236 g/mol. The summed E-state index contributed by atoms with van der Waals surface area (Å²) in [6.07, 6.45) is 5.54. The highest BCUT2D eigenvalue weighted by Gasteiger charge is 2.39. The molecule has 1 saturated heterocycles. The molecule has 1 saturated carbocycles. The lowest BCUT2D eigenvalue weighted by Crippen LogP contribution is -2.50. The highest BCUT2D eigenvalue weighted by Crippen LogP contribution is 2.39. The molecule has 1 heterocycles. The Bertz CT molecular complexity index is 296. The van der Waals surface area contributed by atoms with Crippen LogP contribution in [0.15, 0.2) is 0 Å². The minimum atomic E-state index is -0.244. The van der Waals surface area contributed by atoms with Gasteiger partial charge in [0.05, 0.1) is 19.3 Å². The lowest BCUT2D eigenvalue weighted by atomic mass is 9.77. The summed E-state index contributed by atoms with van der Waals surface area (Å²) in [6, 6.07) is 2.38. The summed E-state index contributed by atoms with van der Waals surface area (Å²) in [7, 11) is 0. The molecule has 2 fully saturated rings. The Morgan fingerprint density at radius 2 is 2.00 bits per heavy atom. The van der Waals surface area contributed by atoms with Crippen LogP contribution in [0.2, 0.25) is 0 Å². The van der Waals surface area contributed by atoms with Gasteiger partial charge in [0.2, 0.25) is 0 Å². The van der Waals surface area contributed by atoms with E-state index >= 15 is 0 Å². The monoisotopic (exact) mass is 236 g/mol. The number of nitrogens with zero attached hydrogens (tertiary/aromatic N) is 1. The van der Waals surface area contributed by atoms with Gasteiger partial charge in [-0.1, -0.05) is 26.7 Å². The van der Waals surface area contributed by atoms with Gasteiger partial charge < -0.3 is 10.1 Å². The molecular formula is C14H24N2O. The molecule has 0 aromatic carbocycles. The largest absolute Gasteiger partial charge is 0.378 e. The smallest absolute Gasteiger partial charge is 0.116 e. The molecule has 3 heteroatoms. The van der Waals surface area contributed by atoms with Gasteiger partial charge in [-0.25, -0.2) is 0 Å². The first-order valence-corrected chi connectivity index (χ1v) is 6.78. The Morgan fingerprint density at radius 3 is 2.47 bits per heavy atom. The van der Waals surface area contributed by atoms with Crippen molar-refractivity contribution in [2.75, 3.05) is 26.3 Å². The molecule has 0 aromatic heterocycles. The molecule has 3 nitrogen and oxygen atoms in total. The van der Waals surface area contributed by atoms with Gasteiger partial charge in [0.25, 0.3) is 0 Å². The minimum Gasteiger partial charge on any atom is -0.378 e. The summed E-state index contributed by atoms with van der Waals surface area (Å²) >= 11 is 0. The molecule has 0 aromatic rings. The molecule has 0 bridgehead atoms. The van der Waals surface area contributed by atoms with Crippen LogP contribution in [0.4, 0.5) is 0 Å². The molecular weight excluding hydrogens is 212 g/mol. The number of hydrogen-bond donors (Lipinski definition) is 1. The van der Waals surface area contributed by atoms with Gasteiger partial charge in [0.1, 0.15) is 5.41 Å². The second-order valence-electron chi connectivity index (χ2n) is 6.46. The first-order valence-electron chi connectivity index (χ1n) is 6.78. The lowest BCUT2D eigenvalue weighted by molar-refractivity contribution is -0.0763. The van der Waals surface area contributed by atoms with E-state index in [-0.39, 0.29) is 5.41 Å². The SMILES string of the molecule is CC(C)(CNCC1(C#N)COC1)C1CCCC1. The van der Waals surface area contributed by atoms with Crippen LogP contribution in [0.3, 0.4) is 0 Å². The van der Waals surface area contributed by atoms with Gasteiger partial charge in [-0.3, -0.25) is 0 Å². The lowest BCUT2D eigenvalue weighted by Gasteiger charge is -2.37. The van der Waals surface area contributed by atoms with Crippen molar-refractivity contribution in [2.45, 2.75) is 39.5 Å². The predicted molar refractivity (Wildman–Crippen MR) is 67.5 cm³/mol. The van der Waals surface area contributed by atoms with E-state index in [1.165, 1.54) is 25.7 Å². The van der Waals surface area contributed by atoms with Gasteiger partial charge >= 0.3 is 0 Å². The zero-order valence-corrected chi connectivity index (χ0v) is 11.1. The Hall–Kier alpha value is -0.590. The van der Waals surface area contributed by atoms with Crippen molar-refractivity contribution >= 4 is 0 Å². The number of rotatable bonds is 5. The first-order chi connectivity index (χ1) is 8.08. The maximum atomic E-state index is 9.11. The number of hydrogen-bond acceptors (Lipinski definition) is 3. The fraction of sp³-hybridized carbons (Fsp3) is 0.929. The number of nitriles is 1. The molecule has 17 heavy (non-hydrogen) atoms. The second-order valence-corrected chi connectivity index (χ2v) is 6.46. The van der Waals surface area contributed by atoms with Gasteiger partial charge in [-0.05, 0) is 24.2 Å². The number of nitrogens with one attached hydrogen (secondary N) is 1. The molecule has 1 aliphatic carbocycles. The van der Waals surface area contributed by atoms with Crippen molar-refractivity contribution < 1.29 is 4.74 Å². The van der Waals surface area contributed by atoms with Gasteiger partial charge in [0, 0.05) is 13.1 Å². The van der Waals surface area contributed by atoms with Crippen LogP contribution in [0, 0.1) is 28.1 Å². The first kappa shape index (κ1) is 12.9. The Kier molecular flexibility index (Phi) is 3.75. The summed E-state index contributed by atoms with van der Waals surface area (Å²) in [5, 5.41) is 12.6. The quantitative estimate of drug-likeness (QED) is 0.797. The zero-order valence-electron chi connectivity index (χ0n) is 11.1. The highest BCUT2D eigenvalue weighted by molar-refractivity contribution is 5.05. The fourth-order valence-electron chi connectivity index (χ4n) is 3.03. The maximum absolute atomic E-state index is 9.11. The maximum Gasteiger partial charge on any atom is 0.116 e. The summed E-state index contributed by atoms with van der Waals surface area (Å²) in [4.78, 5) is 0. The second kappa shape index (κ2) is 4.96. The van der Waals surface area contributed by atoms with Crippen molar-refractivity contribution in [3.8, 4) is 6.07 Å². The van der Waals surface area contributed by atoms with Crippen LogP contribution < -0.4 is 5.32 Å². The van der Waals surface area contributed by atoms with E-state index in [1.807, 2.05) is 0 Å². The van der Waals surface area contributed by atoms with Crippen molar-refractivity contribution in [1.82, 2.24) is 5.32 Å². The molecule has 1 aliphatic heterocycles. The molecule has 0 radical (unpaired) electrons. The van der Waals surface area contributed by atoms with Crippen LogP contribution in [0.1, 0.15) is 39.5 Å².